The molecule has 0 heterocycles. The van der Waals surface area contributed by atoms with Gasteiger partial charge in [0.25, 0.3) is 0 Å². The molecule has 0 saturated carbocycles. The summed E-state index contributed by atoms with van der Waals surface area (Å²) in [4.78, 5) is 2.05. The quantitative estimate of drug-likeness (QED) is 0.906. The van der Waals surface area contributed by atoms with Crippen LogP contribution in [0.15, 0.2) is 48.5 Å². The highest BCUT2D eigenvalue weighted by atomic mass is 16.5. The molecular weight excluding hydrogens is 250 g/mol. The third kappa shape index (κ3) is 3.52. The molecule has 1 N–H and O–H groups in total. The van der Waals surface area contributed by atoms with E-state index in [4.69, 9.17) is 4.74 Å². The zero-order valence-corrected chi connectivity index (χ0v) is 12.2. The van der Waals surface area contributed by atoms with Crippen LogP contribution in [0.5, 0.6) is 5.75 Å². The summed E-state index contributed by atoms with van der Waals surface area (Å²) in [5, 5.41) is 10.3. The Morgan fingerprint density at radius 1 is 1.15 bits per heavy atom. The second-order valence-electron chi connectivity index (χ2n) is 5.01. The van der Waals surface area contributed by atoms with Crippen molar-refractivity contribution in [1.29, 1.82) is 0 Å². The van der Waals surface area contributed by atoms with Crippen LogP contribution in [0.3, 0.4) is 0 Å². The Hall–Kier alpha value is -2.00. The minimum Gasteiger partial charge on any atom is -0.497 e. The van der Waals surface area contributed by atoms with Crippen molar-refractivity contribution < 1.29 is 9.84 Å². The van der Waals surface area contributed by atoms with E-state index in [9.17, 15) is 5.11 Å². The smallest absolute Gasteiger partial charge is 0.119 e. The Morgan fingerprint density at radius 2 is 1.85 bits per heavy atom. The van der Waals surface area contributed by atoms with Gasteiger partial charge in [0, 0.05) is 19.3 Å². The van der Waals surface area contributed by atoms with Gasteiger partial charge in [-0.2, -0.15) is 0 Å². The molecule has 0 aromatic heterocycles. The average Bonchev–Trinajstić information content (AvgIpc) is 2.47. The summed E-state index contributed by atoms with van der Waals surface area (Å²) >= 11 is 0. The Labute approximate surface area is 120 Å². The topological polar surface area (TPSA) is 32.7 Å². The van der Waals surface area contributed by atoms with Crippen LogP contribution in [0.25, 0.3) is 0 Å². The molecule has 0 aliphatic heterocycles. The van der Waals surface area contributed by atoms with E-state index in [-0.39, 0.29) is 0 Å². The number of aliphatic hydroxyl groups is 1. The fourth-order valence-electron chi connectivity index (χ4n) is 2.12. The lowest BCUT2D eigenvalue weighted by atomic mass is 10.1. The van der Waals surface area contributed by atoms with Gasteiger partial charge in [0.05, 0.1) is 13.2 Å². The number of likely N-dealkylation sites (N-methyl/N-ethyl adjacent to an activating group) is 1. The molecule has 2 aromatic carbocycles. The van der Waals surface area contributed by atoms with Crippen molar-refractivity contribution in [3.63, 3.8) is 0 Å². The molecule has 0 aliphatic rings. The van der Waals surface area contributed by atoms with Gasteiger partial charge in [0.1, 0.15) is 5.75 Å². The van der Waals surface area contributed by atoms with Crippen LogP contribution in [0.4, 0.5) is 5.69 Å². The highest BCUT2D eigenvalue weighted by molar-refractivity contribution is 5.47. The fourth-order valence-corrected chi connectivity index (χ4v) is 2.12. The van der Waals surface area contributed by atoms with Crippen molar-refractivity contribution in [3.8, 4) is 5.75 Å². The minimum absolute atomic E-state index is 0.538. The van der Waals surface area contributed by atoms with E-state index >= 15 is 0 Å². The largest absolute Gasteiger partial charge is 0.497 e. The van der Waals surface area contributed by atoms with E-state index < -0.39 is 6.10 Å². The highest BCUT2D eigenvalue weighted by Gasteiger charge is 2.12. The molecule has 0 fully saturated rings. The molecule has 2 aromatic rings. The maximum absolute atomic E-state index is 10.3. The van der Waals surface area contributed by atoms with E-state index in [1.54, 1.807) is 7.11 Å². The zero-order chi connectivity index (χ0) is 14.5. The summed E-state index contributed by atoms with van der Waals surface area (Å²) in [5.74, 6) is 0.763. The monoisotopic (exact) mass is 271 g/mol. The standard InChI is InChI=1S/C17H21NO2/c1-13-7-9-15(10-8-13)18(2)12-17(19)14-5-4-6-16(11-14)20-3/h4-11,17,19H,12H2,1-3H3. The lowest BCUT2D eigenvalue weighted by Gasteiger charge is -2.23. The van der Waals surface area contributed by atoms with Crippen LogP contribution in [0.1, 0.15) is 17.2 Å². The van der Waals surface area contributed by atoms with E-state index in [0.29, 0.717) is 6.54 Å². The lowest BCUT2D eigenvalue weighted by Crippen LogP contribution is -2.24. The first-order valence-corrected chi connectivity index (χ1v) is 6.70. The Kier molecular flexibility index (Phi) is 4.64. The number of anilines is 1. The van der Waals surface area contributed by atoms with Crippen LogP contribution < -0.4 is 9.64 Å². The van der Waals surface area contributed by atoms with Gasteiger partial charge in [0.15, 0.2) is 0 Å². The average molecular weight is 271 g/mol. The van der Waals surface area contributed by atoms with Crippen molar-refractivity contribution in [2.45, 2.75) is 13.0 Å². The summed E-state index contributed by atoms with van der Waals surface area (Å²) in [7, 11) is 3.61. The van der Waals surface area contributed by atoms with Crippen molar-refractivity contribution in [2.24, 2.45) is 0 Å². The SMILES string of the molecule is COc1cccc(C(O)CN(C)c2ccc(C)cc2)c1. The second-order valence-corrected chi connectivity index (χ2v) is 5.01. The molecule has 0 radical (unpaired) electrons. The third-order valence-electron chi connectivity index (χ3n) is 3.40. The first-order valence-electron chi connectivity index (χ1n) is 6.70. The molecule has 3 nitrogen and oxygen atoms in total. The number of benzene rings is 2. The summed E-state index contributed by atoms with van der Waals surface area (Å²) in [6.07, 6.45) is -0.545. The maximum atomic E-state index is 10.3. The minimum atomic E-state index is -0.545. The van der Waals surface area contributed by atoms with Gasteiger partial charge in [-0.3, -0.25) is 0 Å². The van der Waals surface area contributed by atoms with Gasteiger partial charge in [0.2, 0.25) is 0 Å². The number of hydrogen-bond acceptors (Lipinski definition) is 3. The Balaban J connectivity index is 2.06. The number of rotatable bonds is 5. The van der Waals surface area contributed by atoms with Gasteiger partial charge in [-0.15, -0.1) is 0 Å². The summed E-state index contributed by atoms with van der Waals surface area (Å²) < 4.78 is 5.18. The number of methoxy groups -OCH3 is 1. The zero-order valence-electron chi connectivity index (χ0n) is 12.2. The van der Waals surface area contributed by atoms with E-state index in [0.717, 1.165) is 17.0 Å². The predicted octanol–water partition coefficient (Wildman–Crippen LogP) is 3.17. The van der Waals surface area contributed by atoms with Crippen molar-refractivity contribution in [2.75, 3.05) is 25.6 Å². The molecule has 3 heteroatoms. The fraction of sp³-hybridized carbons (Fsp3) is 0.294. The molecule has 0 bridgehead atoms. The maximum Gasteiger partial charge on any atom is 0.119 e. The van der Waals surface area contributed by atoms with E-state index in [1.807, 2.05) is 36.2 Å². The van der Waals surface area contributed by atoms with Gasteiger partial charge in [-0.05, 0) is 36.8 Å². The number of aliphatic hydroxyl groups excluding tert-OH is 1. The molecular formula is C17H21NO2. The summed E-state index contributed by atoms with van der Waals surface area (Å²) in [5.41, 5.74) is 3.19. The van der Waals surface area contributed by atoms with Crippen LogP contribution >= 0.6 is 0 Å². The Morgan fingerprint density at radius 3 is 2.50 bits per heavy atom. The molecule has 1 atom stereocenters. The number of aryl methyl sites for hydroxylation is 1. The molecule has 0 saturated heterocycles. The molecule has 1 unspecified atom stereocenters. The number of hydrogen-bond donors (Lipinski definition) is 1. The highest BCUT2D eigenvalue weighted by Crippen LogP contribution is 2.22. The van der Waals surface area contributed by atoms with Crippen LogP contribution in [-0.2, 0) is 0 Å². The summed E-state index contributed by atoms with van der Waals surface area (Å²) in [6, 6.07) is 15.8. The van der Waals surface area contributed by atoms with Crippen molar-refractivity contribution in [1.82, 2.24) is 0 Å². The lowest BCUT2D eigenvalue weighted by molar-refractivity contribution is 0.184. The van der Waals surface area contributed by atoms with Crippen molar-refractivity contribution in [3.05, 3.63) is 59.7 Å². The molecule has 0 aliphatic carbocycles. The van der Waals surface area contributed by atoms with Crippen LogP contribution in [0.2, 0.25) is 0 Å². The van der Waals surface area contributed by atoms with Gasteiger partial charge in [-0.1, -0.05) is 29.8 Å². The first kappa shape index (κ1) is 14.4. The van der Waals surface area contributed by atoms with Gasteiger partial charge < -0.3 is 14.7 Å². The summed E-state index contributed by atoms with van der Waals surface area (Å²) in [6.45, 7) is 2.60. The van der Waals surface area contributed by atoms with Gasteiger partial charge in [-0.25, -0.2) is 0 Å². The molecule has 106 valence electrons. The molecule has 0 amide bonds. The number of ether oxygens (including phenoxy) is 1. The molecule has 0 spiro atoms. The third-order valence-corrected chi connectivity index (χ3v) is 3.40. The number of nitrogens with zero attached hydrogens (tertiary/aromatic N) is 1. The first-order chi connectivity index (χ1) is 9.60. The van der Waals surface area contributed by atoms with Gasteiger partial charge >= 0.3 is 0 Å². The van der Waals surface area contributed by atoms with Crippen LogP contribution in [0, 0.1) is 6.92 Å². The predicted molar refractivity (Wildman–Crippen MR) is 82.4 cm³/mol. The Bertz CT molecular complexity index is 551. The normalized spacial score (nSPS) is 12.0. The van der Waals surface area contributed by atoms with Crippen LogP contribution in [-0.4, -0.2) is 25.8 Å². The molecule has 20 heavy (non-hydrogen) atoms. The van der Waals surface area contributed by atoms with E-state index in [2.05, 4.69) is 31.2 Å². The van der Waals surface area contributed by atoms with E-state index in [1.165, 1.54) is 5.56 Å². The molecule has 2 rings (SSSR count). The van der Waals surface area contributed by atoms with Crippen molar-refractivity contribution >= 4 is 5.69 Å². The second kappa shape index (κ2) is 6.44.